The number of aryl methyl sites for hydroxylation is 1. The number of nitrogens with zero attached hydrogens (tertiary/aromatic N) is 1. The first-order valence-corrected chi connectivity index (χ1v) is 21.9. The number of amides is 3. The lowest BCUT2D eigenvalue weighted by Crippen LogP contribution is -2.29. The topological polar surface area (TPSA) is 92.8 Å². The van der Waals surface area contributed by atoms with Crippen molar-refractivity contribution in [2.45, 2.75) is 97.3 Å². The number of carbonyl (C=O) groups excluding carboxylic acids is 4. The van der Waals surface area contributed by atoms with E-state index in [1.54, 1.807) is 0 Å². The lowest BCUT2D eigenvalue weighted by atomic mass is 9.77. The lowest BCUT2D eigenvalue weighted by molar-refractivity contribution is -0.131. The normalized spacial score (nSPS) is 17.6. The van der Waals surface area contributed by atoms with Gasteiger partial charge in [-0.25, -0.2) is 4.90 Å². The minimum absolute atomic E-state index is 0.142. The summed E-state index contributed by atoms with van der Waals surface area (Å²) in [5.41, 5.74) is 9.58. The van der Waals surface area contributed by atoms with Crippen LogP contribution in [0.15, 0.2) is 109 Å². The zero-order valence-electron chi connectivity index (χ0n) is 35.7. The molecule has 308 valence electrons. The SMILES string of the molecule is CCCCCC1CCC(c2ccc(C(=O)Nc3ccc(-c4ccc(N5C(=O)c6c(C)cc7c(c6C5=O)-c5c(cc(OC(C)=O)c6ccccc56)C7(C)C)cc4)cc3)cc2)CC1. The molecule has 3 amide bonds. The monoisotopic (exact) mass is 808 g/mol. The first-order valence-electron chi connectivity index (χ1n) is 21.9. The van der Waals surface area contributed by atoms with Gasteiger partial charge in [-0.1, -0.05) is 113 Å². The highest BCUT2D eigenvalue weighted by atomic mass is 16.5. The quantitative estimate of drug-likeness (QED) is 0.0644. The van der Waals surface area contributed by atoms with E-state index in [1.165, 1.54) is 68.8 Å². The third-order valence-corrected chi connectivity index (χ3v) is 13.5. The van der Waals surface area contributed by atoms with Crippen LogP contribution in [0.5, 0.6) is 5.75 Å². The Balaban J connectivity index is 0.909. The van der Waals surface area contributed by atoms with E-state index in [9.17, 15) is 19.2 Å². The van der Waals surface area contributed by atoms with Crippen molar-refractivity contribution < 1.29 is 23.9 Å². The van der Waals surface area contributed by atoms with Gasteiger partial charge in [-0.2, -0.15) is 0 Å². The van der Waals surface area contributed by atoms with Crippen LogP contribution in [0.2, 0.25) is 0 Å². The van der Waals surface area contributed by atoms with Gasteiger partial charge >= 0.3 is 5.97 Å². The maximum Gasteiger partial charge on any atom is 0.308 e. The van der Waals surface area contributed by atoms with Crippen LogP contribution in [0.25, 0.3) is 33.0 Å². The Hall–Kier alpha value is -6.34. The smallest absolute Gasteiger partial charge is 0.308 e. The van der Waals surface area contributed by atoms with Crippen LogP contribution in [0, 0.1) is 12.8 Å². The number of hydrogen-bond acceptors (Lipinski definition) is 5. The number of unbranched alkanes of at least 4 members (excludes halogenated alkanes) is 2. The molecule has 6 aromatic rings. The minimum atomic E-state index is -0.530. The van der Waals surface area contributed by atoms with Gasteiger partial charge in [0.25, 0.3) is 17.7 Å². The molecular weight excluding hydrogens is 757 g/mol. The molecule has 7 nitrogen and oxygen atoms in total. The molecule has 9 rings (SSSR count). The van der Waals surface area contributed by atoms with Gasteiger partial charge < -0.3 is 10.1 Å². The first-order chi connectivity index (χ1) is 29.4. The van der Waals surface area contributed by atoms with Crippen molar-refractivity contribution in [1.82, 2.24) is 0 Å². The molecule has 61 heavy (non-hydrogen) atoms. The van der Waals surface area contributed by atoms with Gasteiger partial charge in [-0.15, -0.1) is 0 Å². The summed E-state index contributed by atoms with van der Waals surface area (Å²) >= 11 is 0. The predicted molar refractivity (Wildman–Crippen MR) is 244 cm³/mol. The Bertz CT molecular complexity index is 2720. The van der Waals surface area contributed by atoms with Crippen molar-refractivity contribution in [2.24, 2.45) is 5.92 Å². The van der Waals surface area contributed by atoms with Crippen molar-refractivity contribution >= 4 is 45.8 Å². The number of rotatable bonds is 10. The molecule has 7 heteroatoms. The fourth-order valence-electron chi connectivity index (χ4n) is 10.2. The van der Waals surface area contributed by atoms with E-state index in [2.05, 4.69) is 38.2 Å². The molecule has 1 fully saturated rings. The molecule has 3 aliphatic rings. The van der Waals surface area contributed by atoms with Crippen LogP contribution in [0.4, 0.5) is 11.4 Å². The van der Waals surface area contributed by atoms with E-state index in [1.807, 2.05) is 104 Å². The van der Waals surface area contributed by atoms with Gasteiger partial charge in [0.05, 0.1) is 16.8 Å². The fourth-order valence-corrected chi connectivity index (χ4v) is 10.2. The van der Waals surface area contributed by atoms with Gasteiger partial charge in [0.1, 0.15) is 5.75 Å². The van der Waals surface area contributed by atoms with Crippen molar-refractivity contribution in [1.29, 1.82) is 0 Å². The summed E-state index contributed by atoms with van der Waals surface area (Å²) in [6.45, 7) is 9.76. The fraction of sp³-hybridized carbons (Fsp3) is 0.296. The summed E-state index contributed by atoms with van der Waals surface area (Å²) in [6, 6.07) is 35.0. The number of anilines is 2. The van der Waals surface area contributed by atoms with E-state index < -0.39 is 11.4 Å². The van der Waals surface area contributed by atoms with Crippen LogP contribution >= 0.6 is 0 Å². The maximum atomic E-state index is 14.6. The van der Waals surface area contributed by atoms with Gasteiger partial charge in [0.2, 0.25) is 0 Å². The first kappa shape index (κ1) is 40.1. The van der Waals surface area contributed by atoms with Gasteiger partial charge in [0.15, 0.2) is 0 Å². The molecule has 6 aromatic carbocycles. The van der Waals surface area contributed by atoms with E-state index >= 15 is 0 Å². The number of ether oxygens (including phenoxy) is 1. The molecule has 0 saturated heterocycles. The number of hydrogen-bond donors (Lipinski definition) is 1. The highest BCUT2D eigenvalue weighted by molar-refractivity contribution is 6.37. The second-order valence-electron chi connectivity index (χ2n) is 17.8. The number of imide groups is 1. The standard InChI is InChI=1S/C54H52N2O5/c1-6-7-8-11-34-14-16-35(17-15-34)36-18-20-39(21-19-36)51(58)55-40-26-22-37(23-27-40)38-24-28-41(29-25-38)56-52(59)47-32(2)30-44-49(50(47)53(56)60)48-43-13-10-9-12-42(43)46(61-33(3)57)31-45(48)54(44,4)5/h9-10,12-13,18-31,34-35H,6-8,11,14-17H2,1-5H3,(H,55,58). The molecule has 0 radical (unpaired) electrons. The highest BCUT2D eigenvalue weighted by Crippen LogP contribution is 2.56. The van der Waals surface area contributed by atoms with Gasteiger partial charge in [-0.3, -0.25) is 19.2 Å². The second-order valence-corrected chi connectivity index (χ2v) is 17.8. The summed E-state index contributed by atoms with van der Waals surface area (Å²) in [7, 11) is 0. The Labute approximate surface area is 358 Å². The third-order valence-electron chi connectivity index (χ3n) is 13.5. The van der Waals surface area contributed by atoms with E-state index in [4.69, 9.17) is 4.74 Å². The Morgan fingerprint density at radius 1 is 0.721 bits per heavy atom. The predicted octanol–water partition coefficient (Wildman–Crippen LogP) is 13.0. The van der Waals surface area contributed by atoms with Crippen LogP contribution in [-0.4, -0.2) is 23.7 Å². The molecule has 2 aliphatic carbocycles. The maximum absolute atomic E-state index is 14.6. The highest BCUT2D eigenvalue weighted by Gasteiger charge is 2.47. The molecule has 0 atom stereocenters. The zero-order valence-corrected chi connectivity index (χ0v) is 35.7. The lowest BCUT2D eigenvalue weighted by Gasteiger charge is -2.29. The van der Waals surface area contributed by atoms with E-state index in [-0.39, 0.29) is 17.7 Å². The van der Waals surface area contributed by atoms with Crippen molar-refractivity contribution in [3.63, 3.8) is 0 Å². The largest absolute Gasteiger partial charge is 0.426 e. The summed E-state index contributed by atoms with van der Waals surface area (Å²) in [6.07, 6.45) is 10.4. The molecule has 0 bridgehead atoms. The van der Waals surface area contributed by atoms with Gasteiger partial charge in [0, 0.05) is 34.5 Å². The molecule has 0 spiro atoms. The van der Waals surface area contributed by atoms with E-state index in [0.29, 0.717) is 39.7 Å². The number of benzene rings is 6. The number of carbonyl (C=O) groups is 4. The van der Waals surface area contributed by atoms with Crippen LogP contribution < -0.4 is 15.0 Å². The number of nitrogens with one attached hydrogen (secondary N) is 1. The Kier molecular flexibility index (Phi) is 10.5. The summed E-state index contributed by atoms with van der Waals surface area (Å²) < 4.78 is 5.70. The van der Waals surface area contributed by atoms with Gasteiger partial charge in [-0.05, 0) is 131 Å². The van der Waals surface area contributed by atoms with E-state index in [0.717, 1.165) is 55.6 Å². The molecule has 1 aliphatic heterocycles. The number of fused-ring (bicyclic) bond motifs is 7. The molecule has 1 heterocycles. The molecule has 0 unspecified atom stereocenters. The van der Waals surface area contributed by atoms with Crippen LogP contribution in [0.1, 0.15) is 138 Å². The third kappa shape index (κ3) is 7.14. The minimum Gasteiger partial charge on any atom is -0.426 e. The summed E-state index contributed by atoms with van der Waals surface area (Å²) in [4.78, 5) is 55.5. The molecule has 0 aromatic heterocycles. The van der Waals surface area contributed by atoms with Crippen molar-refractivity contribution in [2.75, 3.05) is 10.2 Å². The summed E-state index contributed by atoms with van der Waals surface area (Å²) in [5.74, 6) is 0.663. The average molecular weight is 809 g/mol. The second kappa shape index (κ2) is 15.9. The van der Waals surface area contributed by atoms with Crippen molar-refractivity contribution in [3.8, 4) is 28.0 Å². The molecular formula is C54H52N2O5. The zero-order chi connectivity index (χ0) is 42.6. The molecule has 1 saturated carbocycles. The average Bonchev–Trinajstić information content (AvgIpc) is 3.66. The van der Waals surface area contributed by atoms with Crippen LogP contribution in [-0.2, 0) is 10.2 Å². The Morgan fingerprint density at radius 3 is 2.00 bits per heavy atom. The molecule has 1 N–H and O–H groups in total. The summed E-state index contributed by atoms with van der Waals surface area (Å²) in [5, 5.41) is 4.67. The van der Waals surface area contributed by atoms with Crippen molar-refractivity contribution in [3.05, 3.63) is 148 Å². The van der Waals surface area contributed by atoms with Crippen LogP contribution in [0.3, 0.4) is 0 Å². The number of esters is 1. The Morgan fingerprint density at radius 2 is 1.34 bits per heavy atom.